The Morgan fingerprint density at radius 2 is 2.06 bits per heavy atom. The van der Waals surface area contributed by atoms with Crippen molar-refractivity contribution in [2.45, 2.75) is 6.42 Å². The van der Waals surface area contributed by atoms with E-state index in [0.29, 0.717) is 29.0 Å². The fourth-order valence-corrected chi connectivity index (χ4v) is 3.82. The van der Waals surface area contributed by atoms with Crippen LogP contribution in [0.25, 0.3) is 0 Å². The Morgan fingerprint density at radius 1 is 1.13 bits per heavy atom. The molecule has 1 amide bonds. The maximum atomic E-state index is 13.4. The highest BCUT2D eigenvalue weighted by Gasteiger charge is 2.24. The van der Waals surface area contributed by atoms with Gasteiger partial charge in [0.25, 0.3) is 5.91 Å². The smallest absolute Gasteiger partial charge is 0.276 e. The van der Waals surface area contributed by atoms with Crippen LogP contribution >= 0.6 is 11.6 Å². The van der Waals surface area contributed by atoms with E-state index in [2.05, 4.69) is 31.7 Å². The van der Waals surface area contributed by atoms with Gasteiger partial charge in [0.1, 0.15) is 10.7 Å². The number of allylic oxidation sites excluding steroid dienone is 3. The third kappa shape index (κ3) is 4.13. The lowest BCUT2D eigenvalue weighted by atomic mass is 9.97. The fraction of sp³-hybridized carbons (Fsp3) is 0.130. The van der Waals surface area contributed by atoms with Crippen LogP contribution in [0.1, 0.15) is 16.9 Å². The number of amides is 1. The summed E-state index contributed by atoms with van der Waals surface area (Å²) in [6.07, 6.45) is 10.0. The fourth-order valence-electron chi connectivity index (χ4n) is 3.68. The van der Waals surface area contributed by atoms with Crippen LogP contribution in [0, 0.1) is 5.92 Å². The van der Waals surface area contributed by atoms with E-state index in [1.807, 2.05) is 42.5 Å². The van der Waals surface area contributed by atoms with Gasteiger partial charge in [-0.3, -0.25) is 9.78 Å². The van der Waals surface area contributed by atoms with E-state index in [9.17, 15) is 4.79 Å². The molecule has 0 radical (unpaired) electrons. The van der Waals surface area contributed by atoms with Crippen LogP contribution in [0.5, 0.6) is 0 Å². The van der Waals surface area contributed by atoms with Crippen molar-refractivity contribution in [1.82, 2.24) is 15.0 Å². The summed E-state index contributed by atoms with van der Waals surface area (Å²) < 4.78 is 0. The van der Waals surface area contributed by atoms with Gasteiger partial charge < -0.3 is 15.5 Å². The average Bonchev–Trinajstić information content (AvgIpc) is 2.80. The molecule has 0 saturated heterocycles. The molecular weight excluding hydrogens is 412 g/mol. The Balaban J connectivity index is 1.60. The summed E-state index contributed by atoms with van der Waals surface area (Å²) in [5.41, 5.74) is 2.90. The highest BCUT2D eigenvalue weighted by atomic mass is 35.5. The first-order valence-corrected chi connectivity index (χ1v) is 10.3. The number of pyridine rings is 1. The molecule has 2 aliphatic rings. The molecule has 154 valence electrons. The van der Waals surface area contributed by atoms with Gasteiger partial charge in [-0.15, -0.1) is 0 Å². The van der Waals surface area contributed by atoms with Crippen LogP contribution in [-0.4, -0.2) is 27.4 Å². The van der Waals surface area contributed by atoms with Crippen molar-refractivity contribution >= 4 is 40.6 Å². The molecule has 5 rings (SSSR count). The van der Waals surface area contributed by atoms with Gasteiger partial charge in [-0.05, 0) is 42.8 Å². The third-order valence-electron chi connectivity index (χ3n) is 5.15. The minimum Gasteiger partial charge on any atom is -0.339 e. The van der Waals surface area contributed by atoms with Crippen molar-refractivity contribution in [2.24, 2.45) is 5.92 Å². The van der Waals surface area contributed by atoms with Crippen molar-refractivity contribution in [3.63, 3.8) is 0 Å². The molecule has 1 aliphatic carbocycles. The molecule has 31 heavy (non-hydrogen) atoms. The molecule has 1 aliphatic heterocycles. The molecule has 2 N–H and O–H groups in total. The minimum absolute atomic E-state index is 0.115. The normalized spacial score (nSPS) is 17.3. The number of halogens is 1. The van der Waals surface area contributed by atoms with E-state index < -0.39 is 0 Å². The first kappa shape index (κ1) is 19.3. The first-order chi connectivity index (χ1) is 15.2. The van der Waals surface area contributed by atoms with Gasteiger partial charge in [0, 0.05) is 35.7 Å². The summed E-state index contributed by atoms with van der Waals surface area (Å²) in [4.78, 5) is 28.2. The van der Waals surface area contributed by atoms with E-state index in [1.165, 1.54) is 0 Å². The quantitative estimate of drug-likeness (QED) is 0.577. The predicted molar refractivity (Wildman–Crippen MR) is 122 cm³/mol. The zero-order valence-electron chi connectivity index (χ0n) is 16.5. The summed E-state index contributed by atoms with van der Waals surface area (Å²) in [7, 11) is 0. The van der Waals surface area contributed by atoms with Gasteiger partial charge in [-0.25, -0.2) is 4.98 Å². The maximum Gasteiger partial charge on any atom is 0.276 e. The Hall–Kier alpha value is -3.71. The number of carbonyl (C=O) groups is 1. The van der Waals surface area contributed by atoms with Gasteiger partial charge in [-0.1, -0.05) is 35.9 Å². The molecule has 0 spiro atoms. The van der Waals surface area contributed by atoms with Gasteiger partial charge >= 0.3 is 0 Å². The molecule has 3 heterocycles. The number of rotatable bonds is 1. The summed E-state index contributed by atoms with van der Waals surface area (Å²) in [6.45, 7) is 0.508. The van der Waals surface area contributed by atoms with Crippen LogP contribution in [0.2, 0.25) is 5.02 Å². The largest absolute Gasteiger partial charge is 0.339 e. The number of carbonyl (C=O) groups excluding carboxylic acids is 1. The lowest BCUT2D eigenvalue weighted by Gasteiger charge is -2.28. The second-order valence-electron chi connectivity index (χ2n) is 7.36. The molecule has 1 aromatic carbocycles. The van der Waals surface area contributed by atoms with Crippen LogP contribution in [-0.2, 0) is 0 Å². The standard InChI is InChI=1S/C23H19ClN6O/c24-19-13-26-23-28-16-6-3-5-15(11-16)14-30(22(31)20-9-1-2-10-25-20)18-8-4-7-17(12-18)27-21(19)29-23/h1-10,12-13,15H,11,14H2,(H2,26,27,28,29). The van der Waals surface area contributed by atoms with Crippen LogP contribution in [0.3, 0.4) is 0 Å². The Morgan fingerprint density at radius 3 is 2.94 bits per heavy atom. The zero-order valence-corrected chi connectivity index (χ0v) is 17.3. The van der Waals surface area contributed by atoms with Crippen LogP contribution < -0.4 is 15.5 Å². The lowest BCUT2D eigenvalue weighted by Crippen LogP contribution is -2.36. The second-order valence-corrected chi connectivity index (χ2v) is 7.77. The molecule has 0 fully saturated rings. The Bertz CT molecular complexity index is 1190. The maximum absolute atomic E-state index is 13.4. The Labute approximate surface area is 184 Å². The first-order valence-electron chi connectivity index (χ1n) is 9.92. The van der Waals surface area contributed by atoms with Crippen molar-refractivity contribution < 1.29 is 4.79 Å². The van der Waals surface area contributed by atoms with Crippen molar-refractivity contribution in [2.75, 3.05) is 22.1 Å². The van der Waals surface area contributed by atoms with Crippen molar-refractivity contribution in [3.8, 4) is 0 Å². The summed E-state index contributed by atoms with van der Waals surface area (Å²) >= 11 is 6.32. The van der Waals surface area contributed by atoms with E-state index in [0.717, 1.165) is 23.5 Å². The number of hydrogen-bond acceptors (Lipinski definition) is 6. The van der Waals surface area contributed by atoms with Crippen LogP contribution in [0.15, 0.2) is 78.8 Å². The minimum atomic E-state index is -0.150. The molecule has 1 atom stereocenters. The van der Waals surface area contributed by atoms with Gasteiger partial charge in [0.15, 0.2) is 5.82 Å². The number of nitrogens with one attached hydrogen (secondary N) is 2. The number of nitrogens with zero attached hydrogens (tertiary/aromatic N) is 4. The summed E-state index contributed by atoms with van der Waals surface area (Å²) in [5.74, 6) is 0.915. The highest BCUT2D eigenvalue weighted by Crippen LogP contribution is 2.30. The summed E-state index contributed by atoms with van der Waals surface area (Å²) in [6, 6.07) is 13.0. The number of aromatic nitrogens is 3. The van der Waals surface area contributed by atoms with Gasteiger partial charge in [0.05, 0.1) is 6.20 Å². The molecule has 7 nitrogen and oxygen atoms in total. The number of hydrogen-bond donors (Lipinski definition) is 2. The lowest BCUT2D eigenvalue weighted by molar-refractivity contribution is 0.0979. The van der Waals surface area contributed by atoms with E-state index in [1.54, 1.807) is 29.4 Å². The van der Waals surface area contributed by atoms with Gasteiger partial charge in [-0.2, -0.15) is 4.98 Å². The van der Waals surface area contributed by atoms with Crippen molar-refractivity contribution in [1.29, 1.82) is 0 Å². The SMILES string of the molecule is O=C(c1ccccn1)N1CC2C=CC=C(C2)Nc2ncc(Cl)c(n2)Nc2cccc1c2. The zero-order chi connectivity index (χ0) is 21.2. The van der Waals surface area contributed by atoms with Crippen LogP contribution in [0.4, 0.5) is 23.1 Å². The molecule has 6 bridgehead atoms. The monoisotopic (exact) mass is 430 g/mol. The highest BCUT2D eigenvalue weighted by molar-refractivity contribution is 6.32. The molecule has 8 heteroatoms. The van der Waals surface area contributed by atoms with Crippen molar-refractivity contribution in [3.05, 3.63) is 89.5 Å². The molecular formula is C23H19ClN6O. The molecule has 0 saturated carbocycles. The summed E-state index contributed by atoms with van der Waals surface area (Å²) in [5, 5.41) is 6.91. The number of anilines is 4. The second kappa shape index (κ2) is 8.20. The number of fused-ring (bicyclic) bond motifs is 6. The van der Waals surface area contributed by atoms with E-state index in [4.69, 9.17) is 11.6 Å². The van der Waals surface area contributed by atoms with E-state index >= 15 is 0 Å². The molecule has 1 unspecified atom stereocenters. The topological polar surface area (TPSA) is 83.0 Å². The molecule has 3 aromatic rings. The van der Waals surface area contributed by atoms with Gasteiger partial charge in [0.2, 0.25) is 5.95 Å². The third-order valence-corrected chi connectivity index (χ3v) is 5.42. The Kier molecular flexibility index (Phi) is 5.09. The predicted octanol–water partition coefficient (Wildman–Crippen LogP) is 4.80. The molecule has 2 aromatic heterocycles. The average molecular weight is 431 g/mol. The number of benzene rings is 1. The van der Waals surface area contributed by atoms with E-state index in [-0.39, 0.29) is 11.8 Å².